The molecule has 0 bridgehead atoms. The lowest BCUT2D eigenvalue weighted by Gasteiger charge is -2.24. The van der Waals surface area contributed by atoms with E-state index in [1.165, 1.54) is 0 Å². The predicted octanol–water partition coefficient (Wildman–Crippen LogP) is 2.92. The Labute approximate surface area is 151 Å². The molecule has 0 aromatic heterocycles. The quantitative estimate of drug-likeness (QED) is 0.615. The van der Waals surface area contributed by atoms with Crippen LogP contribution in [0.1, 0.15) is 24.5 Å². The fourth-order valence-electron chi connectivity index (χ4n) is 2.67. The molecule has 3 N–H and O–H groups in total. The Kier molecular flexibility index (Phi) is 5.38. The van der Waals surface area contributed by atoms with E-state index >= 15 is 0 Å². The van der Waals surface area contributed by atoms with Gasteiger partial charge in [0.2, 0.25) is 0 Å². The van der Waals surface area contributed by atoms with Gasteiger partial charge in [0, 0.05) is 6.42 Å². The van der Waals surface area contributed by atoms with Crippen LogP contribution in [0.4, 0.5) is 4.79 Å². The largest absolute Gasteiger partial charge is 0.489 e. The van der Waals surface area contributed by atoms with Crippen molar-refractivity contribution in [2.24, 2.45) is 10.9 Å². The molecule has 26 heavy (non-hydrogen) atoms. The number of carbonyl (C=O) groups is 1. The maximum Gasteiger partial charge on any atom is 0.338 e. The molecule has 0 aliphatic carbocycles. The van der Waals surface area contributed by atoms with Crippen molar-refractivity contribution in [2.75, 3.05) is 0 Å². The molecule has 0 fully saturated rings. The standard InChI is InChI=1S/C19H21N3O4/c1-13(22(24)19(20)23)18-11-17(21-26-18)15-7-9-16(10-8-15)25-12-14-5-3-2-4-6-14/h2-10,13,18,24H,11-12H2,1H3,(H2,20,23). The third-order valence-electron chi connectivity index (χ3n) is 4.28. The number of urea groups is 1. The lowest BCUT2D eigenvalue weighted by Crippen LogP contribution is -2.45. The second-order valence-electron chi connectivity index (χ2n) is 6.11. The normalized spacial score (nSPS) is 17.2. The van der Waals surface area contributed by atoms with Crippen LogP contribution in [0.5, 0.6) is 5.75 Å². The number of oxime groups is 1. The molecule has 0 saturated heterocycles. The van der Waals surface area contributed by atoms with Gasteiger partial charge in [-0.15, -0.1) is 0 Å². The number of primary amides is 1. The molecule has 136 valence electrons. The molecule has 1 aliphatic rings. The first kappa shape index (κ1) is 17.8. The third kappa shape index (κ3) is 4.12. The van der Waals surface area contributed by atoms with E-state index in [9.17, 15) is 10.0 Å². The second-order valence-corrected chi connectivity index (χ2v) is 6.11. The van der Waals surface area contributed by atoms with E-state index in [-0.39, 0.29) is 0 Å². The van der Waals surface area contributed by atoms with Gasteiger partial charge in [0.15, 0.2) is 6.10 Å². The summed E-state index contributed by atoms with van der Waals surface area (Å²) in [6.07, 6.45) is 0.0203. The average molecular weight is 355 g/mol. The highest BCUT2D eigenvalue weighted by Gasteiger charge is 2.32. The minimum Gasteiger partial charge on any atom is -0.489 e. The summed E-state index contributed by atoms with van der Waals surface area (Å²) in [4.78, 5) is 16.4. The van der Waals surface area contributed by atoms with Crippen LogP contribution in [0.25, 0.3) is 0 Å². The van der Waals surface area contributed by atoms with E-state index in [0.717, 1.165) is 22.6 Å². The van der Waals surface area contributed by atoms with Gasteiger partial charge in [0.05, 0.1) is 11.8 Å². The number of ether oxygens (including phenoxy) is 1. The summed E-state index contributed by atoms with van der Waals surface area (Å²) >= 11 is 0. The van der Waals surface area contributed by atoms with Crippen LogP contribution < -0.4 is 10.5 Å². The number of benzene rings is 2. The number of rotatable bonds is 6. The topological polar surface area (TPSA) is 97.4 Å². The Bertz CT molecular complexity index is 777. The van der Waals surface area contributed by atoms with Crippen LogP contribution in [0.2, 0.25) is 0 Å². The first-order chi connectivity index (χ1) is 12.5. The highest BCUT2D eigenvalue weighted by Crippen LogP contribution is 2.23. The Hall–Kier alpha value is -3.06. The zero-order valence-corrected chi connectivity index (χ0v) is 14.4. The molecule has 2 aromatic rings. The van der Waals surface area contributed by atoms with Crippen molar-refractivity contribution >= 4 is 11.7 Å². The van der Waals surface area contributed by atoms with E-state index in [1.54, 1.807) is 6.92 Å². The summed E-state index contributed by atoms with van der Waals surface area (Å²) in [6.45, 7) is 2.15. The lowest BCUT2D eigenvalue weighted by atomic mass is 10.0. The van der Waals surface area contributed by atoms with Crippen molar-refractivity contribution in [1.29, 1.82) is 0 Å². The molecule has 0 saturated carbocycles. The third-order valence-corrected chi connectivity index (χ3v) is 4.28. The molecule has 1 heterocycles. The molecule has 2 unspecified atom stereocenters. The number of hydrogen-bond acceptors (Lipinski definition) is 5. The number of nitrogens with zero attached hydrogens (tertiary/aromatic N) is 2. The summed E-state index contributed by atoms with van der Waals surface area (Å²) in [5, 5.41) is 14.1. The van der Waals surface area contributed by atoms with Gasteiger partial charge in [-0.1, -0.05) is 35.5 Å². The Morgan fingerprint density at radius 3 is 2.65 bits per heavy atom. The molecule has 2 amide bonds. The van der Waals surface area contributed by atoms with Crippen LogP contribution in [0, 0.1) is 0 Å². The minimum absolute atomic E-state index is 0.448. The number of carbonyl (C=O) groups excluding carboxylic acids is 1. The fraction of sp³-hybridized carbons (Fsp3) is 0.263. The maximum atomic E-state index is 11.0. The van der Waals surface area contributed by atoms with Gasteiger partial charge in [0.1, 0.15) is 12.4 Å². The summed E-state index contributed by atoms with van der Waals surface area (Å²) in [6, 6.07) is 16.0. The molecule has 2 aromatic carbocycles. The first-order valence-corrected chi connectivity index (χ1v) is 8.32. The molecule has 0 radical (unpaired) electrons. The second kappa shape index (κ2) is 7.88. The van der Waals surface area contributed by atoms with Gasteiger partial charge in [-0.05, 0) is 42.3 Å². The molecule has 7 nitrogen and oxygen atoms in total. The summed E-state index contributed by atoms with van der Waals surface area (Å²) < 4.78 is 5.76. The molecule has 3 rings (SSSR count). The molecule has 7 heteroatoms. The number of amides is 2. The van der Waals surface area contributed by atoms with Gasteiger partial charge in [-0.2, -0.15) is 5.06 Å². The van der Waals surface area contributed by atoms with Crippen LogP contribution in [0.15, 0.2) is 59.8 Å². The van der Waals surface area contributed by atoms with E-state index < -0.39 is 18.2 Å². The minimum atomic E-state index is -0.922. The lowest BCUT2D eigenvalue weighted by molar-refractivity contribution is -0.111. The van der Waals surface area contributed by atoms with Crippen LogP contribution >= 0.6 is 0 Å². The fourth-order valence-corrected chi connectivity index (χ4v) is 2.67. The van der Waals surface area contributed by atoms with Crippen LogP contribution in [-0.2, 0) is 11.4 Å². The van der Waals surface area contributed by atoms with Gasteiger partial charge < -0.3 is 15.3 Å². The molecular formula is C19H21N3O4. The van der Waals surface area contributed by atoms with E-state index in [1.807, 2.05) is 54.6 Å². The van der Waals surface area contributed by atoms with Crippen molar-refractivity contribution in [3.63, 3.8) is 0 Å². The Balaban J connectivity index is 1.56. The van der Waals surface area contributed by atoms with Crippen molar-refractivity contribution in [2.45, 2.75) is 32.1 Å². The van der Waals surface area contributed by atoms with Gasteiger partial charge >= 0.3 is 6.03 Å². The SMILES string of the molecule is CC(C1CC(c2ccc(OCc3ccccc3)cc2)=NO1)N(O)C(N)=O. The zero-order valence-electron chi connectivity index (χ0n) is 14.4. The van der Waals surface area contributed by atoms with Gasteiger partial charge in [-0.3, -0.25) is 5.21 Å². The van der Waals surface area contributed by atoms with Crippen molar-refractivity contribution in [3.8, 4) is 5.75 Å². The summed E-state index contributed by atoms with van der Waals surface area (Å²) in [7, 11) is 0. The maximum absolute atomic E-state index is 11.0. The summed E-state index contributed by atoms with van der Waals surface area (Å²) in [5.74, 6) is 0.761. The summed E-state index contributed by atoms with van der Waals surface area (Å²) in [5.41, 5.74) is 7.81. The monoisotopic (exact) mass is 355 g/mol. The molecule has 0 spiro atoms. The highest BCUT2D eigenvalue weighted by molar-refractivity contribution is 6.01. The number of nitrogens with two attached hydrogens (primary N) is 1. The zero-order chi connectivity index (χ0) is 18.5. The molecule has 2 atom stereocenters. The molecule has 1 aliphatic heterocycles. The van der Waals surface area contributed by atoms with E-state index in [2.05, 4.69) is 5.16 Å². The van der Waals surface area contributed by atoms with Crippen molar-refractivity contribution in [1.82, 2.24) is 5.06 Å². The van der Waals surface area contributed by atoms with Crippen molar-refractivity contribution in [3.05, 3.63) is 65.7 Å². The van der Waals surface area contributed by atoms with Crippen LogP contribution in [0.3, 0.4) is 0 Å². The number of hydrogen-bond donors (Lipinski definition) is 2. The predicted molar refractivity (Wildman–Crippen MR) is 95.9 cm³/mol. The Morgan fingerprint density at radius 1 is 1.31 bits per heavy atom. The highest BCUT2D eigenvalue weighted by atomic mass is 16.6. The average Bonchev–Trinajstić information content (AvgIpc) is 3.16. The first-order valence-electron chi connectivity index (χ1n) is 8.32. The van der Waals surface area contributed by atoms with Crippen LogP contribution in [-0.4, -0.2) is 34.2 Å². The van der Waals surface area contributed by atoms with Gasteiger partial charge in [-0.25, -0.2) is 4.79 Å². The molecular weight excluding hydrogens is 334 g/mol. The van der Waals surface area contributed by atoms with E-state index in [4.69, 9.17) is 15.3 Å². The van der Waals surface area contributed by atoms with Gasteiger partial charge in [0.25, 0.3) is 0 Å². The van der Waals surface area contributed by atoms with E-state index in [0.29, 0.717) is 18.1 Å². The smallest absolute Gasteiger partial charge is 0.338 e. The number of hydroxylamine groups is 2. The Morgan fingerprint density at radius 2 is 2.00 bits per heavy atom. The van der Waals surface area contributed by atoms with Crippen molar-refractivity contribution < 1.29 is 19.6 Å².